The molecule has 1 unspecified atom stereocenters. The van der Waals surface area contributed by atoms with Crippen molar-refractivity contribution in [2.45, 2.75) is 39.2 Å². The van der Waals surface area contributed by atoms with E-state index < -0.39 is 0 Å². The average Bonchev–Trinajstić information content (AvgIpc) is 2.26. The molecule has 0 spiro atoms. The zero-order chi connectivity index (χ0) is 11.5. The summed E-state index contributed by atoms with van der Waals surface area (Å²) in [5.41, 5.74) is 2.77. The van der Waals surface area contributed by atoms with Gasteiger partial charge < -0.3 is 5.32 Å². The number of halogens is 1. The Kier molecular flexibility index (Phi) is 3.88. The first kappa shape index (κ1) is 11.9. The Labute approximate surface area is 103 Å². The summed E-state index contributed by atoms with van der Waals surface area (Å²) < 4.78 is 0. The van der Waals surface area contributed by atoms with Gasteiger partial charge in [-0.05, 0) is 48.9 Å². The van der Waals surface area contributed by atoms with E-state index in [-0.39, 0.29) is 0 Å². The van der Waals surface area contributed by atoms with Crippen LogP contribution < -0.4 is 5.32 Å². The molecule has 1 atom stereocenters. The first-order valence-corrected chi connectivity index (χ1v) is 6.57. The molecule has 0 heterocycles. The monoisotopic (exact) mass is 237 g/mol. The maximum atomic E-state index is 6.31. The number of fused-ring (bicyclic) bond motifs is 1. The van der Waals surface area contributed by atoms with Crippen molar-refractivity contribution in [1.82, 2.24) is 5.32 Å². The summed E-state index contributed by atoms with van der Waals surface area (Å²) in [5.74, 6) is 0.688. The Bertz CT molecular complexity index is 360. The van der Waals surface area contributed by atoms with Crippen LogP contribution in [0.5, 0.6) is 0 Å². The lowest BCUT2D eigenvalue weighted by Gasteiger charge is -2.28. The van der Waals surface area contributed by atoms with Gasteiger partial charge in [-0.1, -0.05) is 37.6 Å². The molecule has 16 heavy (non-hydrogen) atoms. The van der Waals surface area contributed by atoms with E-state index >= 15 is 0 Å². The van der Waals surface area contributed by atoms with Crippen molar-refractivity contribution in [2.75, 3.05) is 6.54 Å². The Morgan fingerprint density at radius 2 is 2.25 bits per heavy atom. The van der Waals surface area contributed by atoms with Crippen molar-refractivity contribution < 1.29 is 0 Å². The van der Waals surface area contributed by atoms with Crippen LogP contribution in [0.15, 0.2) is 18.2 Å². The Balaban J connectivity index is 2.18. The van der Waals surface area contributed by atoms with Crippen molar-refractivity contribution in [3.63, 3.8) is 0 Å². The van der Waals surface area contributed by atoms with Gasteiger partial charge in [-0.25, -0.2) is 0 Å². The fourth-order valence-electron chi connectivity index (χ4n) is 2.41. The highest BCUT2D eigenvalue weighted by Gasteiger charge is 2.21. The topological polar surface area (TPSA) is 12.0 Å². The second-order valence-corrected chi connectivity index (χ2v) is 5.47. The van der Waals surface area contributed by atoms with E-state index in [0.29, 0.717) is 12.0 Å². The van der Waals surface area contributed by atoms with E-state index in [4.69, 9.17) is 11.6 Å². The van der Waals surface area contributed by atoms with Crippen LogP contribution in [0.3, 0.4) is 0 Å². The molecule has 1 nitrogen and oxygen atoms in total. The van der Waals surface area contributed by atoms with Gasteiger partial charge in [0.15, 0.2) is 0 Å². The Hall–Kier alpha value is -0.530. The SMILES string of the molecule is CC(C)CNC1CCCc2cccc(Cl)c21. The molecule has 0 bridgehead atoms. The molecule has 0 radical (unpaired) electrons. The molecule has 1 aromatic carbocycles. The van der Waals surface area contributed by atoms with Gasteiger partial charge in [0.2, 0.25) is 0 Å². The van der Waals surface area contributed by atoms with Gasteiger partial charge in [-0.3, -0.25) is 0 Å². The van der Waals surface area contributed by atoms with Crippen molar-refractivity contribution >= 4 is 11.6 Å². The van der Waals surface area contributed by atoms with Crippen LogP contribution in [0, 0.1) is 5.92 Å². The zero-order valence-corrected chi connectivity index (χ0v) is 10.8. The molecule has 1 aromatic rings. The number of hydrogen-bond acceptors (Lipinski definition) is 1. The fraction of sp³-hybridized carbons (Fsp3) is 0.571. The van der Waals surface area contributed by atoms with Crippen molar-refractivity contribution in [1.29, 1.82) is 0 Å². The van der Waals surface area contributed by atoms with Crippen LogP contribution in [0.2, 0.25) is 5.02 Å². The smallest absolute Gasteiger partial charge is 0.0456 e. The minimum Gasteiger partial charge on any atom is -0.310 e. The Morgan fingerprint density at radius 3 is 3.00 bits per heavy atom. The van der Waals surface area contributed by atoms with Crippen molar-refractivity contribution in [3.05, 3.63) is 34.3 Å². The summed E-state index contributed by atoms with van der Waals surface area (Å²) in [7, 11) is 0. The van der Waals surface area contributed by atoms with Crippen LogP contribution in [0.25, 0.3) is 0 Å². The second-order valence-electron chi connectivity index (χ2n) is 5.06. The molecular formula is C14H20ClN. The van der Waals surface area contributed by atoms with E-state index in [0.717, 1.165) is 11.6 Å². The van der Waals surface area contributed by atoms with Crippen LogP contribution in [-0.4, -0.2) is 6.54 Å². The van der Waals surface area contributed by atoms with Crippen LogP contribution in [-0.2, 0) is 6.42 Å². The average molecular weight is 238 g/mol. The standard InChI is InChI=1S/C14H20ClN/c1-10(2)9-16-13-8-4-6-11-5-3-7-12(15)14(11)13/h3,5,7,10,13,16H,4,6,8-9H2,1-2H3. The van der Waals surface area contributed by atoms with Gasteiger partial charge >= 0.3 is 0 Å². The largest absolute Gasteiger partial charge is 0.310 e. The van der Waals surface area contributed by atoms with E-state index in [1.54, 1.807) is 0 Å². The van der Waals surface area contributed by atoms with Gasteiger partial charge in [0.25, 0.3) is 0 Å². The van der Waals surface area contributed by atoms with Crippen LogP contribution >= 0.6 is 11.6 Å². The van der Waals surface area contributed by atoms with E-state index in [9.17, 15) is 0 Å². The van der Waals surface area contributed by atoms with Gasteiger partial charge in [-0.15, -0.1) is 0 Å². The summed E-state index contributed by atoms with van der Waals surface area (Å²) in [6.45, 7) is 5.54. The summed E-state index contributed by atoms with van der Waals surface area (Å²) in [5, 5.41) is 4.56. The molecule has 2 heteroatoms. The number of aryl methyl sites for hydroxylation is 1. The quantitative estimate of drug-likeness (QED) is 0.839. The highest BCUT2D eigenvalue weighted by atomic mass is 35.5. The number of hydrogen-bond donors (Lipinski definition) is 1. The molecule has 0 aromatic heterocycles. The summed E-state index contributed by atoms with van der Waals surface area (Å²) >= 11 is 6.31. The molecule has 0 saturated heterocycles. The molecule has 2 rings (SSSR count). The zero-order valence-electron chi connectivity index (χ0n) is 10.1. The molecule has 1 aliphatic rings. The number of benzene rings is 1. The molecule has 1 aliphatic carbocycles. The Morgan fingerprint density at radius 1 is 1.44 bits per heavy atom. The minimum atomic E-state index is 0.458. The number of rotatable bonds is 3. The van der Waals surface area contributed by atoms with E-state index in [1.165, 1.54) is 30.4 Å². The maximum absolute atomic E-state index is 6.31. The molecule has 0 saturated carbocycles. The van der Waals surface area contributed by atoms with Crippen LogP contribution in [0.1, 0.15) is 43.9 Å². The van der Waals surface area contributed by atoms with E-state index in [2.05, 4.69) is 31.3 Å². The van der Waals surface area contributed by atoms with E-state index in [1.807, 2.05) is 6.07 Å². The lowest BCUT2D eigenvalue weighted by Crippen LogP contribution is -2.28. The predicted octanol–water partition coefficient (Wildman–Crippen LogP) is 3.96. The molecule has 88 valence electrons. The molecule has 0 fully saturated rings. The first-order valence-electron chi connectivity index (χ1n) is 6.19. The third-order valence-electron chi connectivity index (χ3n) is 3.20. The molecule has 0 aliphatic heterocycles. The number of nitrogens with one attached hydrogen (secondary N) is 1. The maximum Gasteiger partial charge on any atom is 0.0456 e. The lowest BCUT2D eigenvalue weighted by atomic mass is 9.87. The first-order chi connectivity index (χ1) is 7.68. The minimum absolute atomic E-state index is 0.458. The third kappa shape index (κ3) is 2.58. The summed E-state index contributed by atoms with van der Waals surface area (Å²) in [4.78, 5) is 0. The van der Waals surface area contributed by atoms with Gasteiger partial charge in [0, 0.05) is 11.1 Å². The molecular weight excluding hydrogens is 218 g/mol. The highest BCUT2D eigenvalue weighted by molar-refractivity contribution is 6.31. The normalized spacial score (nSPS) is 19.9. The van der Waals surface area contributed by atoms with Gasteiger partial charge in [0.1, 0.15) is 0 Å². The van der Waals surface area contributed by atoms with Crippen LogP contribution in [0.4, 0.5) is 0 Å². The van der Waals surface area contributed by atoms with Crippen molar-refractivity contribution in [2.24, 2.45) is 5.92 Å². The summed E-state index contributed by atoms with van der Waals surface area (Å²) in [6.07, 6.45) is 3.66. The molecule has 0 amide bonds. The highest BCUT2D eigenvalue weighted by Crippen LogP contribution is 2.34. The van der Waals surface area contributed by atoms with Gasteiger partial charge in [-0.2, -0.15) is 0 Å². The lowest BCUT2D eigenvalue weighted by molar-refractivity contribution is 0.427. The summed E-state index contributed by atoms with van der Waals surface area (Å²) in [6, 6.07) is 6.74. The molecule has 1 N–H and O–H groups in total. The third-order valence-corrected chi connectivity index (χ3v) is 3.53. The fourth-order valence-corrected chi connectivity index (χ4v) is 2.74. The van der Waals surface area contributed by atoms with Gasteiger partial charge in [0.05, 0.1) is 0 Å². The van der Waals surface area contributed by atoms with Crippen molar-refractivity contribution in [3.8, 4) is 0 Å². The second kappa shape index (κ2) is 5.20. The predicted molar refractivity (Wildman–Crippen MR) is 70.0 cm³/mol.